The summed E-state index contributed by atoms with van der Waals surface area (Å²) >= 11 is 0. The number of piperidine rings is 1. The van der Waals surface area contributed by atoms with Gasteiger partial charge < -0.3 is 14.8 Å². The first-order valence-corrected chi connectivity index (χ1v) is 9.38. The second-order valence-corrected chi connectivity index (χ2v) is 7.56. The molecule has 0 bridgehead atoms. The largest absolute Gasteiger partial charge is 0.376 e. The van der Waals surface area contributed by atoms with Gasteiger partial charge in [0.25, 0.3) is 5.91 Å². The lowest BCUT2D eigenvalue weighted by atomic mass is 9.91. The fraction of sp³-hybridized carbons (Fsp3) is 0.650. The third-order valence-electron chi connectivity index (χ3n) is 5.02. The van der Waals surface area contributed by atoms with Crippen LogP contribution in [0.5, 0.6) is 0 Å². The SMILES string of the molecule is C[C@@H]1C[C@H](C)CN(Cc2ccccc2CNC(=O)[C@H]2COCCO2)C1. The van der Waals surface area contributed by atoms with Crippen LogP contribution in [0.4, 0.5) is 0 Å². The zero-order chi connectivity index (χ0) is 17.6. The number of hydrogen-bond donors (Lipinski definition) is 1. The number of rotatable bonds is 5. The molecule has 25 heavy (non-hydrogen) atoms. The molecule has 2 aliphatic rings. The van der Waals surface area contributed by atoms with Crippen LogP contribution in [0.15, 0.2) is 24.3 Å². The normalized spacial score (nSPS) is 27.8. The molecule has 3 atom stereocenters. The summed E-state index contributed by atoms with van der Waals surface area (Å²) in [4.78, 5) is 14.8. The van der Waals surface area contributed by atoms with Crippen molar-refractivity contribution in [2.75, 3.05) is 32.9 Å². The summed E-state index contributed by atoms with van der Waals surface area (Å²) in [6.45, 7) is 9.85. The van der Waals surface area contributed by atoms with Gasteiger partial charge in [0.2, 0.25) is 0 Å². The van der Waals surface area contributed by atoms with Gasteiger partial charge in [-0.1, -0.05) is 38.1 Å². The summed E-state index contributed by atoms with van der Waals surface area (Å²) in [6, 6.07) is 8.39. The van der Waals surface area contributed by atoms with Gasteiger partial charge in [-0.05, 0) is 29.4 Å². The maximum Gasteiger partial charge on any atom is 0.251 e. The van der Waals surface area contributed by atoms with Gasteiger partial charge in [0.1, 0.15) is 0 Å². The van der Waals surface area contributed by atoms with Crippen molar-refractivity contribution < 1.29 is 14.3 Å². The number of amides is 1. The van der Waals surface area contributed by atoms with Crippen molar-refractivity contribution in [3.8, 4) is 0 Å². The number of ether oxygens (including phenoxy) is 2. The minimum Gasteiger partial charge on any atom is -0.376 e. The van der Waals surface area contributed by atoms with Gasteiger partial charge >= 0.3 is 0 Å². The molecule has 0 unspecified atom stereocenters. The molecule has 2 aliphatic heterocycles. The average Bonchev–Trinajstić information content (AvgIpc) is 2.60. The molecule has 1 aromatic carbocycles. The average molecular weight is 346 g/mol. The summed E-state index contributed by atoms with van der Waals surface area (Å²) in [5.41, 5.74) is 2.48. The lowest BCUT2D eigenvalue weighted by Gasteiger charge is -2.35. The minimum absolute atomic E-state index is 0.0882. The van der Waals surface area contributed by atoms with Crippen molar-refractivity contribution in [2.45, 2.75) is 39.5 Å². The highest BCUT2D eigenvalue weighted by molar-refractivity contribution is 5.81. The monoisotopic (exact) mass is 346 g/mol. The van der Waals surface area contributed by atoms with Gasteiger partial charge in [0.15, 0.2) is 6.10 Å². The first kappa shape index (κ1) is 18.4. The first-order chi connectivity index (χ1) is 12.1. The lowest BCUT2D eigenvalue weighted by Crippen LogP contribution is -2.42. The van der Waals surface area contributed by atoms with Gasteiger partial charge in [0.05, 0.1) is 19.8 Å². The Hall–Kier alpha value is -1.43. The van der Waals surface area contributed by atoms with Crippen molar-refractivity contribution in [1.82, 2.24) is 10.2 Å². The molecule has 5 nitrogen and oxygen atoms in total. The van der Waals surface area contributed by atoms with E-state index in [1.807, 2.05) is 6.07 Å². The zero-order valence-corrected chi connectivity index (χ0v) is 15.4. The number of carbonyl (C=O) groups excluding carboxylic acids is 1. The van der Waals surface area contributed by atoms with Crippen LogP contribution in [-0.2, 0) is 27.4 Å². The summed E-state index contributed by atoms with van der Waals surface area (Å²) in [6.07, 6.45) is 0.835. The molecular formula is C20H30N2O3. The van der Waals surface area contributed by atoms with Crippen molar-refractivity contribution in [2.24, 2.45) is 11.8 Å². The molecule has 0 aliphatic carbocycles. The number of nitrogens with one attached hydrogen (secondary N) is 1. The molecule has 138 valence electrons. The Bertz CT molecular complexity index is 562. The van der Waals surface area contributed by atoms with Crippen molar-refractivity contribution in [3.63, 3.8) is 0 Å². The molecule has 2 heterocycles. The third-order valence-corrected chi connectivity index (χ3v) is 5.02. The molecule has 0 spiro atoms. The van der Waals surface area contributed by atoms with Crippen LogP contribution in [0, 0.1) is 11.8 Å². The fourth-order valence-electron chi connectivity index (χ4n) is 3.98. The van der Waals surface area contributed by atoms with Crippen molar-refractivity contribution in [1.29, 1.82) is 0 Å². The van der Waals surface area contributed by atoms with Crippen LogP contribution in [0.3, 0.4) is 0 Å². The topological polar surface area (TPSA) is 50.8 Å². The second-order valence-electron chi connectivity index (χ2n) is 7.56. The lowest BCUT2D eigenvalue weighted by molar-refractivity contribution is -0.147. The Balaban J connectivity index is 1.57. The molecule has 0 radical (unpaired) electrons. The zero-order valence-electron chi connectivity index (χ0n) is 15.4. The number of hydrogen-bond acceptors (Lipinski definition) is 4. The highest BCUT2D eigenvalue weighted by atomic mass is 16.6. The Morgan fingerprint density at radius 2 is 1.88 bits per heavy atom. The molecule has 0 saturated carbocycles. The van der Waals surface area contributed by atoms with Crippen LogP contribution in [0.2, 0.25) is 0 Å². The standard InChI is InChI=1S/C20H30N2O3/c1-15-9-16(2)12-22(11-15)13-18-6-4-3-5-17(18)10-21-20(23)19-14-24-7-8-25-19/h3-6,15-16,19H,7-14H2,1-2H3,(H,21,23)/t15-,16+,19-/m1/s1. The molecule has 1 N–H and O–H groups in total. The van der Waals surface area contributed by atoms with Crippen molar-refractivity contribution >= 4 is 5.91 Å². The van der Waals surface area contributed by atoms with E-state index in [4.69, 9.17) is 9.47 Å². The first-order valence-electron chi connectivity index (χ1n) is 9.38. The molecule has 3 rings (SSSR count). The number of likely N-dealkylation sites (tertiary alicyclic amines) is 1. The van der Waals surface area contributed by atoms with Gasteiger partial charge in [-0.3, -0.25) is 9.69 Å². The highest BCUT2D eigenvalue weighted by Gasteiger charge is 2.24. The van der Waals surface area contributed by atoms with E-state index < -0.39 is 6.10 Å². The van der Waals surface area contributed by atoms with Crippen LogP contribution in [0.25, 0.3) is 0 Å². The van der Waals surface area contributed by atoms with Crippen LogP contribution >= 0.6 is 0 Å². The van der Waals surface area contributed by atoms with E-state index in [-0.39, 0.29) is 5.91 Å². The summed E-state index contributed by atoms with van der Waals surface area (Å²) < 4.78 is 10.8. The van der Waals surface area contributed by atoms with Gasteiger partial charge in [-0.2, -0.15) is 0 Å². The molecule has 2 fully saturated rings. The predicted molar refractivity (Wildman–Crippen MR) is 97.1 cm³/mol. The quantitative estimate of drug-likeness (QED) is 0.888. The highest BCUT2D eigenvalue weighted by Crippen LogP contribution is 2.23. The van der Waals surface area contributed by atoms with Crippen molar-refractivity contribution in [3.05, 3.63) is 35.4 Å². The minimum atomic E-state index is -0.482. The van der Waals surface area contributed by atoms with E-state index in [0.717, 1.165) is 31.5 Å². The Morgan fingerprint density at radius 1 is 1.16 bits per heavy atom. The Labute approximate surface area is 150 Å². The van der Waals surface area contributed by atoms with E-state index in [1.54, 1.807) is 0 Å². The van der Waals surface area contributed by atoms with E-state index >= 15 is 0 Å². The summed E-state index contributed by atoms with van der Waals surface area (Å²) in [5, 5.41) is 3.00. The Kier molecular flexibility index (Phi) is 6.45. The third kappa shape index (κ3) is 5.27. The fourth-order valence-corrected chi connectivity index (χ4v) is 3.98. The molecular weight excluding hydrogens is 316 g/mol. The van der Waals surface area contributed by atoms with Gasteiger partial charge in [-0.25, -0.2) is 0 Å². The van der Waals surface area contributed by atoms with Gasteiger partial charge in [0, 0.05) is 26.2 Å². The van der Waals surface area contributed by atoms with E-state index in [2.05, 4.69) is 42.3 Å². The number of benzene rings is 1. The maximum absolute atomic E-state index is 12.2. The van der Waals surface area contributed by atoms with E-state index in [0.29, 0.717) is 26.4 Å². The molecule has 1 aromatic rings. The van der Waals surface area contributed by atoms with Crippen LogP contribution in [0.1, 0.15) is 31.4 Å². The maximum atomic E-state index is 12.2. The molecule has 1 amide bonds. The Morgan fingerprint density at radius 3 is 2.56 bits per heavy atom. The summed E-state index contributed by atoms with van der Waals surface area (Å²) in [5.74, 6) is 1.41. The summed E-state index contributed by atoms with van der Waals surface area (Å²) in [7, 11) is 0. The van der Waals surface area contributed by atoms with Crippen LogP contribution in [-0.4, -0.2) is 49.8 Å². The molecule has 5 heteroatoms. The van der Waals surface area contributed by atoms with E-state index in [9.17, 15) is 4.79 Å². The van der Waals surface area contributed by atoms with Gasteiger partial charge in [-0.15, -0.1) is 0 Å². The smallest absolute Gasteiger partial charge is 0.251 e. The van der Waals surface area contributed by atoms with Crippen LogP contribution < -0.4 is 5.32 Å². The molecule has 0 aromatic heterocycles. The molecule has 2 saturated heterocycles. The second kappa shape index (κ2) is 8.79. The number of nitrogens with zero attached hydrogens (tertiary/aromatic N) is 1. The predicted octanol–water partition coefficient (Wildman–Crippen LogP) is 2.20. The van der Waals surface area contributed by atoms with E-state index in [1.165, 1.54) is 17.5 Å². The number of carbonyl (C=O) groups is 1.